The monoisotopic (exact) mass is 517 g/mol. The summed E-state index contributed by atoms with van der Waals surface area (Å²) in [7, 11) is 0. The van der Waals surface area contributed by atoms with E-state index in [0.29, 0.717) is 34.5 Å². The Morgan fingerprint density at radius 3 is 2.61 bits per heavy atom. The number of rotatable bonds is 6. The number of hydrogen-bond acceptors (Lipinski definition) is 3. The zero-order valence-corrected chi connectivity index (χ0v) is 19.6. The van der Waals surface area contributed by atoms with Crippen LogP contribution in [0.3, 0.4) is 0 Å². The summed E-state index contributed by atoms with van der Waals surface area (Å²) in [6.45, 7) is 3.03. The molecule has 0 spiro atoms. The SMILES string of the molecule is Cc1cc(NC(=O)c2cccc(Cn3cc(Br)cn3)c2)nn1Cc1ccc(Cl)c(Cl)c1. The van der Waals surface area contributed by atoms with Gasteiger partial charge in [-0.15, -0.1) is 0 Å². The summed E-state index contributed by atoms with van der Waals surface area (Å²) in [5.74, 6) is 0.270. The van der Waals surface area contributed by atoms with Gasteiger partial charge in [0.15, 0.2) is 5.82 Å². The van der Waals surface area contributed by atoms with Crippen molar-refractivity contribution in [3.8, 4) is 0 Å². The fraction of sp³-hybridized carbons (Fsp3) is 0.136. The van der Waals surface area contributed by atoms with E-state index in [0.717, 1.165) is 21.3 Å². The van der Waals surface area contributed by atoms with Crippen molar-refractivity contribution in [1.29, 1.82) is 0 Å². The molecule has 2 aromatic heterocycles. The minimum atomic E-state index is -0.220. The number of carbonyl (C=O) groups is 1. The Morgan fingerprint density at radius 1 is 1.06 bits per heavy atom. The van der Waals surface area contributed by atoms with Gasteiger partial charge in [0.05, 0.1) is 33.8 Å². The van der Waals surface area contributed by atoms with E-state index < -0.39 is 0 Å². The molecule has 0 unspecified atom stereocenters. The fourth-order valence-corrected chi connectivity index (χ4v) is 3.80. The van der Waals surface area contributed by atoms with Crippen molar-refractivity contribution in [3.05, 3.63) is 97.8 Å². The maximum Gasteiger partial charge on any atom is 0.256 e. The van der Waals surface area contributed by atoms with Crippen LogP contribution in [-0.2, 0) is 13.1 Å². The van der Waals surface area contributed by atoms with Crippen LogP contribution in [0.1, 0.15) is 27.2 Å². The summed E-state index contributed by atoms with van der Waals surface area (Å²) < 4.78 is 4.52. The quantitative estimate of drug-likeness (QED) is 0.350. The smallest absolute Gasteiger partial charge is 0.256 e. The van der Waals surface area contributed by atoms with Gasteiger partial charge in [0.1, 0.15) is 0 Å². The van der Waals surface area contributed by atoms with Gasteiger partial charge < -0.3 is 5.32 Å². The lowest BCUT2D eigenvalue weighted by Gasteiger charge is -2.07. The lowest BCUT2D eigenvalue weighted by atomic mass is 10.1. The highest BCUT2D eigenvalue weighted by molar-refractivity contribution is 9.10. The van der Waals surface area contributed by atoms with E-state index >= 15 is 0 Å². The maximum atomic E-state index is 12.8. The molecule has 0 aliphatic heterocycles. The molecular formula is C22H18BrCl2N5O. The topological polar surface area (TPSA) is 64.7 Å². The van der Waals surface area contributed by atoms with Crippen LogP contribution >= 0.6 is 39.1 Å². The number of carbonyl (C=O) groups excluding carboxylic acids is 1. The van der Waals surface area contributed by atoms with Crippen LogP contribution in [0.4, 0.5) is 5.82 Å². The van der Waals surface area contributed by atoms with Crippen LogP contribution in [0, 0.1) is 6.92 Å². The summed E-state index contributed by atoms with van der Waals surface area (Å²) in [5, 5.41) is 12.6. The molecule has 0 atom stereocenters. The summed E-state index contributed by atoms with van der Waals surface area (Å²) in [5.41, 5.74) is 3.42. The zero-order chi connectivity index (χ0) is 22.0. The maximum absolute atomic E-state index is 12.8. The van der Waals surface area contributed by atoms with E-state index in [9.17, 15) is 4.79 Å². The number of halogens is 3. The summed E-state index contributed by atoms with van der Waals surface area (Å²) in [4.78, 5) is 12.8. The highest BCUT2D eigenvalue weighted by Gasteiger charge is 2.12. The van der Waals surface area contributed by atoms with Crippen molar-refractivity contribution in [1.82, 2.24) is 19.6 Å². The van der Waals surface area contributed by atoms with Crippen LogP contribution in [0.2, 0.25) is 10.0 Å². The number of hydrogen-bond donors (Lipinski definition) is 1. The Bertz CT molecular complexity index is 1250. The first-order valence-electron chi connectivity index (χ1n) is 9.44. The first-order chi connectivity index (χ1) is 14.9. The summed E-state index contributed by atoms with van der Waals surface area (Å²) >= 11 is 15.5. The minimum absolute atomic E-state index is 0.220. The Hall–Kier alpha value is -2.61. The molecule has 0 bridgehead atoms. The highest BCUT2D eigenvalue weighted by Crippen LogP contribution is 2.23. The van der Waals surface area contributed by atoms with E-state index in [1.54, 1.807) is 27.7 Å². The Labute approximate surface area is 197 Å². The van der Waals surface area contributed by atoms with Crippen molar-refractivity contribution in [2.24, 2.45) is 0 Å². The van der Waals surface area contributed by atoms with Gasteiger partial charge in [0.25, 0.3) is 5.91 Å². The Balaban J connectivity index is 1.45. The fourth-order valence-electron chi connectivity index (χ4n) is 3.15. The average Bonchev–Trinajstić information content (AvgIpc) is 3.29. The number of amides is 1. The Morgan fingerprint density at radius 2 is 1.87 bits per heavy atom. The molecule has 0 saturated heterocycles. The van der Waals surface area contributed by atoms with Crippen LogP contribution in [-0.4, -0.2) is 25.5 Å². The van der Waals surface area contributed by atoms with Crippen molar-refractivity contribution >= 4 is 50.9 Å². The molecule has 9 heteroatoms. The van der Waals surface area contributed by atoms with E-state index in [4.69, 9.17) is 23.2 Å². The second kappa shape index (κ2) is 9.26. The highest BCUT2D eigenvalue weighted by atomic mass is 79.9. The van der Waals surface area contributed by atoms with Crippen molar-refractivity contribution in [2.75, 3.05) is 5.32 Å². The molecule has 0 saturated carbocycles. The molecule has 2 aromatic carbocycles. The molecule has 31 heavy (non-hydrogen) atoms. The first kappa shape index (κ1) is 21.6. The van der Waals surface area contributed by atoms with Crippen molar-refractivity contribution < 1.29 is 4.79 Å². The van der Waals surface area contributed by atoms with E-state index in [-0.39, 0.29) is 5.91 Å². The average molecular weight is 519 g/mol. The molecule has 0 aliphatic rings. The van der Waals surface area contributed by atoms with Gasteiger partial charge in [-0.25, -0.2) is 0 Å². The molecule has 0 fully saturated rings. The lowest BCUT2D eigenvalue weighted by molar-refractivity contribution is 0.102. The van der Waals surface area contributed by atoms with E-state index in [1.807, 2.05) is 49.5 Å². The predicted octanol–water partition coefficient (Wildman–Crippen LogP) is 5.81. The van der Waals surface area contributed by atoms with Gasteiger partial charge in [-0.1, -0.05) is 41.4 Å². The van der Waals surface area contributed by atoms with Crippen molar-refractivity contribution in [3.63, 3.8) is 0 Å². The van der Waals surface area contributed by atoms with Gasteiger partial charge in [-0.3, -0.25) is 14.2 Å². The van der Waals surface area contributed by atoms with Gasteiger partial charge in [0.2, 0.25) is 0 Å². The third kappa shape index (κ3) is 5.36. The number of anilines is 1. The minimum Gasteiger partial charge on any atom is -0.305 e. The molecule has 1 amide bonds. The van der Waals surface area contributed by atoms with E-state index in [1.165, 1.54) is 0 Å². The second-order valence-electron chi connectivity index (χ2n) is 7.09. The third-order valence-electron chi connectivity index (χ3n) is 4.67. The summed E-state index contributed by atoms with van der Waals surface area (Å²) in [6.07, 6.45) is 3.61. The Kier molecular flexibility index (Phi) is 6.46. The number of nitrogens with one attached hydrogen (secondary N) is 1. The number of aromatic nitrogens is 4. The van der Waals surface area contributed by atoms with Crippen LogP contribution in [0.25, 0.3) is 0 Å². The van der Waals surface area contributed by atoms with Gasteiger partial charge in [-0.05, 0) is 58.2 Å². The zero-order valence-electron chi connectivity index (χ0n) is 16.5. The van der Waals surface area contributed by atoms with Crippen LogP contribution in [0.5, 0.6) is 0 Å². The number of nitrogens with zero attached hydrogens (tertiary/aromatic N) is 4. The molecule has 2 heterocycles. The third-order valence-corrected chi connectivity index (χ3v) is 5.82. The molecular weight excluding hydrogens is 501 g/mol. The molecule has 4 aromatic rings. The molecule has 4 rings (SSSR count). The number of benzene rings is 2. The van der Waals surface area contributed by atoms with E-state index in [2.05, 4.69) is 31.4 Å². The summed E-state index contributed by atoms with van der Waals surface area (Å²) in [6, 6.07) is 14.8. The molecule has 0 aliphatic carbocycles. The number of aryl methyl sites for hydroxylation is 1. The van der Waals surface area contributed by atoms with Gasteiger partial charge >= 0.3 is 0 Å². The van der Waals surface area contributed by atoms with Gasteiger partial charge in [-0.2, -0.15) is 10.2 Å². The van der Waals surface area contributed by atoms with Crippen LogP contribution < -0.4 is 5.32 Å². The molecule has 158 valence electrons. The molecule has 1 N–H and O–H groups in total. The second-order valence-corrected chi connectivity index (χ2v) is 8.82. The largest absolute Gasteiger partial charge is 0.305 e. The predicted molar refractivity (Wildman–Crippen MR) is 126 cm³/mol. The first-order valence-corrected chi connectivity index (χ1v) is 11.0. The van der Waals surface area contributed by atoms with Crippen molar-refractivity contribution in [2.45, 2.75) is 20.0 Å². The van der Waals surface area contributed by atoms with Crippen LogP contribution in [0.15, 0.2) is 65.4 Å². The van der Waals surface area contributed by atoms with Gasteiger partial charge in [0, 0.05) is 23.5 Å². The molecule has 6 nitrogen and oxygen atoms in total. The standard InChI is InChI=1S/C22H18BrCl2N5O/c1-14-7-21(28-30(14)12-16-5-6-19(24)20(25)9-16)27-22(31)17-4-2-3-15(8-17)11-29-13-18(23)10-26-29/h2-10,13H,11-12H2,1H3,(H,27,28,31). The normalized spacial score (nSPS) is 11.0. The lowest BCUT2D eigenvalue weighted by Crippen LogP contribution is -2.13. The molecule has 0 radical (unpaired) electrons.